The Morgan fingerprint density at radius 1 is 1.11 bits per heavy atom. The number of hydrogen-bond acceptors (Lipinski definition) is 3. The largest absolute Gasteiger partial charge is 0.390 e. The molecule has 1 N–H and O–H groups in total. The van der Waals surface area contributed by atoms with Crippen molar-refractivity contribution in [3.63, 3.8) is 0 Å². The molecular formula is C15H24O3. The van der Waals surface area contributed by atoms with Crippen LogP contribution in [0.1, 0.15) is 31.4 Å². The summed E-state index contributed by atoms with van der Waals surface area (Å²) >= 11 is 0. The average molecular weight is 252 g/mol. The lowest BCUT2D eigenvalue weighted by atomic mass is 9.92. The van der Waals surface area contributed by atoms with Crippen molar-refractivity contribution >= 4 is 0 Å². The van der Waals surface area contributed by atoms with Crippen LogP contribution in [0.25, 0.3) is 0 Å². The lowest BCUT2D eigenvalue weighted by Gasteiger charge is -2.27. The van der Waals surface area contributed by atoms with Crippen LogP contribution in [0.4, 0.5) is 0 Å². The summed E-state index contributed by atoms with van der Waals surface area (Å²) in [5.74, 6) is 0. The fourth-order valence-electron chi connectivity index (χ4n) is 2.03. The van der Waals surface area contributed by atoms with Crippen molar-refractivity contribution in [3.8, 4) is 0 Å². The van der Waals surface area contributed by atoms with E-state index in [9.17, 15) is 5.11 Å². The van der Waals surface area contributed by atoms with Crippen LogP contribution in [0.2, 0.25) is 0 Å². The van der Waals surface area contributed by atoms with E-state index in [1.807, 2.05) is 6.92 Å². The normalized spacial score (nSPS) is 14.8. The Morgan fingerprint density at radius 3 is 2.06 bits per heavy atom. The molecule has 0 radical (unpaired) electrons. The molecule has 0 aliphatic heterocycles. The van der Waals surface area contributed by atoms with Gasteiger partial charge in [-0.2, -0.15) is 0 Å². The van der Waals surface area contributed by atoms with Crippen LogP contribution >= 0.6 is 0 Å². The number of ether oxygens (including phenoxy) is 2. The highest BCUT2D eigenvalue weighted by Gasteiger charge is 2.25. The lowest BCUT2D eigenvalue weighted by Crippen LogP contribution is -2.34. The molecule has 18 heavy (non-hydrogen) atoms. The highest BCUT2D eigenvalue weighted by atomic mass is 16.7. The van der Waals surface area contributed by atoms with Crippen molar-refractivity contribution in [3.05, 3.63) is 35.4 Å². The van der Waals surface area contributed by atoms with Gasteiger partial charge in [0.25, 0.3) is 0 Å². The monoisotopic (exact) mass is 252 g/mol. The molecule has 0 bridgehead atoms. The minimum atomic E-state index is -0.829. The topological polar surface area (TPSA) is 38.7 Å². The Balaban J connectivity index is 2.63. The number of rotatable bonds is 7. The third-order valence-electron chi connectivity index (χ3n) is 3.15. The Hall–Kier alpha value is -0.900. The molecule has 1 aromatic carbocycles. The second-order valence-electron chi connectivity index (χ2n) is 4.95. The minimum Gasteiger partial charge on any atom is -0.390 e. The zero-order valence-electron chi connectivity index (χ0n) is 11.8. The molecule has 0 spiro atoms. The van der Waals surface area contributed by atoms with Gasteiger partial charge in [0.1, 0.15) is 0 Å². The van der Waals surface area contributed by atoms with Crippen LogP contribution in [0, 0.1) is 0 Å². The van der Waals surface area contributed by atoms with E-state index in [0.717, 1.165) is 12.0 Å². The van der Waals surface area contributed by atoms with Gasteiger partial charge in [0.15, 0.2) is 6.29 Å². The smallest absolute Gasteiger partial charge is 0.159 e. The van der Waals surface area contributed by atoms with Crippen molar-refractivity contribution in [2.75, 3.05) is 14.2 Å². The third-order valence-corrected chi connectivity index (χ3v) is 3.15. The number of methoxy groups -OCH3 is 2. The molecule has 0 amide bonds. The standard InChI is InChI=1S/C15H24O3/c1-5-12-6-8-13(9-7-12)10-15(2,16)11-14(17-3)18-4/h6-9,14,16H,5,10-11H2,1-4H3. The maximum Gasteiger partial charge on any atom is 0.159 e. The highest BCUT2D eigenvalue weighted by molar-refractivity contribution is 5.23. The Kier molecular flexibility index (Phi) is 5.79. The van der Waals surface area contributed by atoms with Gasteiger partial charge >= 0.3 is 0 Å². The summed E-state index contributed by atoms with van der Waals surface area (Å²) in [4.78, 5) is 0. The van der Waals surface area contributed by atoms with Gasteiger partial charge in [0, 0.05) is 27.1 Å². The van der Waals surface area contributed by atoms with E-state index >= 15 is 0 Å². The first-order valence-electron chi connectivity index (χ1n) is 6.36. The van der Waals surface area contributed by atoms with Crippen molar-refractivity contribution < 1.29 is 14.6 Å². The van der Waals surface area contributed by atoms with Gasteiger partial charge in [-0.3, -0.25) is 0 Å². The second-order valence-corrected chi connectivity index (χ2v) is 4.95. The number of benzene rings is 1. The first-order chi connectivity index (χ1) is 8.50. The van der Waals surface area contributed by atoms with Gasteiger partial charge in [-0.25, -0.2) is 0 Å². The summed E-state index contributed by atoms with van der Waals surface area (Å²) in [6.07, 6.45) is 1.72. The lowest BCUT2D eigenvalue weighted by molar-refractivity contribution is -0.139. The van der Waals surface area contributed by atoms with E-state index in [1.54, 1.807) is 14.2 Å². The van der Waals surface area contributed by atoms with Gasteiger partial charge in [-0.05, 0) is 24.5 Å². The first-order valence-corrected chi connectivity index (χ1v) is 6.36. The molecule has 0 aliphatic carbocycles. The van der Waals surface area contributed by atoms with E-state index < -0.39 is 5.60 Å². The Morgan fingerprint density at radius 2 is 1.61 bits per heavy atom. The van der Waals surface area contributed by atoms with E-state index in [4.69, 9.17) is 9.47 Å². The summed E-state index contributed by atoms with van der Waals surface area (Å²) < 4.78 is 10.3. The molecule has 0 saturated heterocycles. The molecule has 0 heterocycles. The van der Waals surface area contributed by atoms with Crippen molar-refractivity contribution in [2.24, 2.45) is 0 Å². The van der Waals surface area contributed by atoms with Crippen LogP contribution in [0.15, 0.2) is 24.3 Å². The molecule has 3 heteroatoms. The zero-order chi connectivity index (χ0) is 13.6. The maximum absolute atomic E-state index is 10.4. The van der Waals surface area contributed by atoms with Gasteiger partial charge in [-0.15, -0.1) is 0 Å². The van der Waals surface area contributed by atoms with Crippen LogP contribution in [0.5, 0.6) is 0 Å². The van der Waals surface area contributed by atoms with Crippen LogP contribution in [-0.4, -0.2) is 31.2 Å². The van der Waals surface area contributed by atoms with Gasteiger partial charge in [0.05, 0.1) is 5.60 Å². The highest BCUT2D eigenvalue weighted by Crippen LogP contribution is 2.20. The van der Waals surface area contributed by atoms with Crippen molar-refractivity contribution in [2.45, 2.75) is 45.0 Å². The average Bonchev–Trinajstić information content (AvgIpc) is 2.36. The van der Waals surface area contributed by atoms with Crippen molar-refractivity contribution in [1.29, 1.82) is 0 Å². The Labute approximate surface area is 110 Å². The van der Waals surface area contributed by atoms with Crippen LogP contribution in [-0.2, 0) is 22.3 Å². The van der Waals surface area contributed by atoms with Crippen LogP contribution in [0.3, 0.4) is 0 Å². The summed E-state index contributed by atoms with van der Waals surface area (Å²) in [5, 5.41) is 10.4. The first kappa shape index (κ1) is 15.2. The van der Waals surface area contributed by atoms with Gasteiger partial charge < -0.3 is 14.6 Å². The summed E-state index contributed by atoms with van der Waals surface area (Å²) in [6, 6.07) is 8.36. The van der Waals surface area contributed by atoms with E-state index in [2.05, 4.69) is 31.2 Å². The molecule has 1 rings (SSSR count). The molecule has 1 aromatic rings. The van der Waals surface area contributed by atoms with Crippen molar-refractivity contribution in [1.82, 2.24) is 0 Å². The molecule has 0 aromatic heterocycles. The Bertz CT molecular complexity index is 339. The third kappa shape index (κ3) is 4.77. The SMILES string of the molecule is CCc1ccc(CC(C)(O)CC(OC)OC)cc1. The summed E-state index contributed by atoms with van der Waals surface area (Å²) in [7, 11) is 3.17. The molecule has 3 nitrogen and oxygen atoms in total. The van der Waals surface area contributed by atoms with E-state index in [0.29, 0.717) is 12.8 Å². The molecule has 102 valence electrons. The summed E-state index contributed by atoms with van der Waals surface area (Å²) in [6.45, 7) is 3.94. The number of aliphatic hydroxyl groups is 1. The predicted molar refractivity (Wildman–Crippen MR) is 72.6 cm³/mol. The van der Waals surface area contributed by atoms with Gasteiger partial charge in [0.2, 0.25) is 0 Å². The van der Waals surface area contributed by atoms with E-state index in [1.165, 1.54) is 5.56 Å². The fraction of sp³-hybridized carbons (Fsp3) is 0.600. The molecule has 0 aliphatic rings. The number of hydrogen-bond donors (Lipinski definition) is 1. The maximum atomic E-state index is 10.4. The fourth-order valence-corrected chi connectivity index (χ4v) is 2.03. The zero-order valence-corrected chi connectivity index (χ0v) is 11.8. The molecule has 0 saturated carbocycles. The van der Waals surface area contributed by atoms with Gasteiger partial charge in [-0.1, -0.05) is 31.2 Å². The van der Waals surface area contributed by atoms with E-state index in [-0.39, 0.29) is 6.29 Å². The molecular weight excluding hydrogens is 228 g/mol. The number of aryl methyl sites for hydroxylation is 1. The molecule has 1 unspecified atom stereocenters. The molecule has 0 fully saturated rings. The van der Waals surface area contributed by atoms with Crippen LogP contribution < -0.4 is 0 Å². The minimum absolute atomic E-state index is 0.366. The quantitative estimate of drug-likeness (QED) is 0.758. The second kappa shape index (κ2) is 6.88. The molecule has 1 atom stereocenters. The predicted octanol–water partition coefficient (Wildman–Crippen LogP) is 2.55. The summed E-state index contributed by atoms with van der Waals surface area (Å²) in [5.41, 5.74) is 1.61.